The fraction of sp³-hybridized carbons (Fsp3) is 0.458. The third kappa shape index (κ3) is 3.55. The third-order valence-electron chi connectivity index (χ3n) is 6.97. The zero-order chi connectivity index (χ0) is 21.4. The maximum absolute atomic E-state index is 14.3. The van der Waals surface area contributed by atoms with E-state index in [1.807, 2.05) is 17.0 Å². The number of likely N-dealkylation sites (tertiary alicyclic amines) is 1. The van der Waals surface area contributed by atoms with Crippen molar-refractivity contribution in [3.63, 3.8) is 0 Å². The van der Waals surface area contributed by atoms with E-state index in [2.05, 4.69) is 16.0 Å². The number of nitriles is 1. The number of nitrogens with zero attached hydrogens (tertiary/aromatic N) is 4. The lowest BCUT2D eigenvalue weighted by Gasteiger charge is -2.44. The SMILES string of the molecule is N#Cc1ccc(N2C3CC[C@H]2CN(C(=O)COC2(c4ccccc4F)CCC2)C3)nc1. The van der Waals surface area contributed by atoms with Gasteiger partial charge in [0, 0.05) is 36.9 Å². The summed E-state index contributed by atoms with van der Waals surface area (Å²) in [4.78, 5) is 21.6. The maximum atomic E-state index is 14.3. The van der Waals surface area contributed by atoms with Gasteiger partial charge in [-0.2, -0.15) is 5.26 Å². The van der Waals surface area contributed by atoms with Crippen LogP contribution in [0, 0.1) is 17.1 Å². The minimum atomic E-state index is -0.672. The van der Waals surface area contributed by atoms with E-state index < -0.39 is 5.60 Å². The summed E-state index contributed by atoms with van der Waals surface area (Å²) in [5, 5.41) is 8.99. The lowest BCUT2D eigenvalue weighted by atomic mass is 9.74. The summed E-state index contributed by atoms with van der Waals surface area (Å²) in [6, 6.07) is 12.9. The molecular formula is C24H25FN4O2. The van der Waals surface area contributed by atoms with E-state index in [0.717, 1.165) is 37.9 Å². The molecule has 31 heavy (non-hydrogen) atoms. The van der Waals surface area contributed by atoms with Gasteiger partial charge in [0.2, 0.25) is 5.91 Å². The van der Waals surface area contributed by atoms with Crippen LogP contribution in [-0.2, 0) is 15.1 Å². The predicted molar refractivity (Wildman–Crippen MR) is 113 cm³/mol. The van der Waals surface area contributed by atoms with Gasteiger partial charge in [-0.3, -0.25) is 4.79 Å². The first-order valence-electron chi connectivity index (χ1n) is 10.9. The Morgan fingerprint density at radius 1 is 1.19 bits per heavy atom. The predicted octanol–water partition coefficient (Wildman–Crippen LogP) is 3.37. The molecule has 2 aliphatic heterocycles. The summed E-state index contributed by atoms with van der Waals surface area (Å²) < 4.78 is 20.4. The molecule has 1 aromatic heterocycles. The molecule has 6 nitrogen and oxygen atoms in total. The van der Waals surface area contributed by atoms with Crippen LogP contribution < -0.4 is 4.90 Å². The largest absolute Gasteiger partial charge is 0.360 e. The maximum Gasteiger partial charge on any atom is 0.248 e. The van der Waals surface area contributed by atoms with Crippen molar-refractivity contribution < 1.29 is 13.9 Å². The number of carbonyl (C=O) groups excluding carboxylic acids is 1. The molecule has 1 saturated carbocycles. The van der Waals surface area contributed by atoms with Crippen LogP contribution in [0.5, 0.6) is 0 Å². The van der Waals surface area contributed by atoms with E-state index in [0.29, 0.717) is 24.2 Å². The minimum absolute atomic E-state index is 0.0249. The summed E-state index contributed by atoms with van der Waals surface area (Å²) in [6.07, 6.45) is 6.07. The lowest BCUT2D eigenvalue weighted by Crippen LogP contribution is -2.56. The van der Waals surface area contributed by atoms with Crippen LogP contribution in [0.1, 0.15) is 43.2 Å². The summed E-state index contributed by atoms with van der Waals surface area (Å²) in [5.41, 5.74) is 0.432. The molecule has 1 unspecified atom stereocenters. The number of hydrogen-bond donors (Lipinski definition) is 0. The number of piperazine rings is 1. The van der Waals surface area contributed by atoms with Crippen molar-refractivity contribution in [2.24, 2.45) is 0 Å². The molecule has 0 spiro atoms. The molecule has 2 atom stereocenters. The first-order valence-corrected chi connectivity index (χ1v) is 10.9. The van der Waals surface area contributed by atoms with Gasteiger partial charge < -0.3 is 14.5 Å². The second-order valence-corrected chi connectivity index (χ2v) is 8.72. The number of anilines is 1. The number of hydrogen-bond acceptors (Lipinski definition) is 5. The normalized spacial score (nSPS) is 23.9. The number of aromatic nitrogens is 1. The zero-order valence-corrected chi connectivity index (χ0v) is 17.3. The van der Waals surface area contributed by atoms with Crippen LogP contribution in [0.15, 0.2) is 42.6 Å². The van der Waals surface area contributed by atoms with Gasteiger partial charge in [-0.15, -0.1) is 0 Å². The van der Waals surface area contributed by atoms with Gasteiger partial charge >= 0.3 is 0 Å². The van der Waals surface area contributed by atoms with Crippen LogP contribution in [0.25, 0.3) is 0 Å². The molecule has 0 radical (unpaired) electrons. The highest BCUT2D eigenvalue weighted by Gasteiger charge is 2.44. The van der Waals surface area contributed by atoms with Gasteiger partial charge in [0.25, 0.3) is 0 Å². The Hall–Kier alpha value is -2.98. The number of benzene rings is 1. The fourth-order valence-electron chi connectivity index (χ4n) is 5.20. The van der Waals surface area contributed by atoms with E-state index >= 15 is 0 Å². The molecule has 1 aliphatic carbocycles. The Bertz CT molecular complexity index is 1000. The van der Waals surface area contributed by atoms with Gasteiger partial charge in [0.15, 0.2) is 0 Å². The first-order chi connectivity index (χ1) is 15.1. The van der Waals surface area contributed by atoms with Crippen LogP contribution in [0.2, 0.25) is 0 Å². The van der Waals surface area contributed by atoms with Crippen molar-refractivity contribution in [1.29, 1.82) is 5.26 Å². The standard InChI is InChI=1S/C24H25FN4O2/c25-21-5-2-1-4-20(21)24(10-3-11-24)31-16-23(30)28-14-18-7-8-19(15-28)29(18)22-9-6-17(12-26)13-27-22/h1-2,4-6,9,13,18-19H,3,7-8,10-11,14-16H2/t18-,19?/m0/s1. The number of rotatable bonds is 5. The quantitative estimate of drug-likeness (QED) is 0.742. The van der Waals surface area contributed by atoms with Crippen LogP contribution in [0.4, 0.5) is 10.2 Å². The van der Waals surface area contributed by atoms with Crippen molar-refractivity contribution in [1.82, 2.24) is 9.88 Å². The number of carbonyl (C=O) groups is 1. The highest BCUT2D eigenvalue weighted by Crippen LogP contribution is 2.45. The lowest BCUT2D eigenvalue weighted by molar-refractivity contribution is -0.154. The van der Waals surface area contributed by atoms with Crippen LogP contribution in [-0.4, -0.2) is 47.6 Å². The van der Waals surface area contributed by atoms with Gasteiger partial charge in [0.1, 0.15) is 24.3 Å². The van der Waals surface area contributed by atoms with Crippen molar-refractivity contribution in [2.75, 3.05) is 24.6 Å². The molecular weight excluding hydrogens is 395 g/mol. The van der Waals surface area contributed by atoms with E-state index in [1.54, 1.807) is 24.4 Å². The average Bonchev–Trinajstić information content (AvgIpc) is 3.03. The Balaban J connectivity index is 1.24. The monoisotopic (exact) mass is 420 g/mol. The Kier molecular flexibility index (Phi) is 5.11. The molecule has 160 valence electrons. The Morgan fingerprint density at radius 2 is 1.94 bits per heavy atom. The van der Waals surface area contributed by atoms with E-state index in [1.165, 1.54) is 6.07 Å². The molecule has 3 fully saturated rings. The van der Waals surface area contributed by atoms with Crippen LogP contribution in [0.3, 0.4) is 0 Å². The van der Waals surface area contributed by atoms with Gasteiger partial charge in [-0.25, -0.2) is 9.37 Å². The van der Waals surface area contributed by atoms with E-state index in [-0.39, 0.29) is 30.4 Å². The molecule has 3 aliphatic rings. The molecule has 0 N–H and O–H groups in total. The molecule has 7 heteroatoms. The number of pyridine rings is 1. The highest BCUT2D eigenvalue weighted by molar-refractivity contribution is 5.78. The smallest absolute Gasteiger partial charge is 0.248 e. The first kappa shape index (κ1) is 20.0. The second-order valence-electron chi connectivity index (χ2n) is 8.72. The fourth-order valence-corrected chi connectivity index (χ4v) is 5.20. The molecule has 5 rings (SSSR count). The van der Waals surface area contributed by atoms with E-state index in [9.17, 15) is 9.18 Å². The molecule has 1 amide bonds. The topological polar surface area (TPSA) is 69.5 Å². The molecule has 2 aromatic rings. The third-order valence-corrected chi connectivity index (χ3v) is 6.97. The minimum Gasteiger partial charge on any atom is -0.360 e. The van der Waals surface area contributed by atoms with Crippen molar-refractivity contribution in [2.45, 2.75) is 49.8 Å². The van der Waals surface area contributed by atoms with Gasteiger partial charge in [-0.1, -0.05) is 18.2 Å². The summed E-state index contributed by atoms with van der Waals surface area (Å²) in [6.45, 7) is 1.24. The summed E-state index contributed by atoms with van der Waals surface area (Å²) in [5.74, 6) is 0.561. The second kappa shape index (κ2) is 7.93. The van der Waals surface area contributed by atoms with Gasteiger partial charge in [0.05, 0.1) is 11.2 Å². The Morgan fingerprint density at radius 3 is 2.52 bits per heavy atom. The van der Waals surface area contributed by atoms with Crippen LogP contribution >= 0.6 is 0 Å². The van der Waals surface area contributed by atoms with Crippen molar-refractivity contribution in [3.8, 4) is 6.07 Å². The summed E-state index contributed by atoms with van der Waals surface area (Å²) >= 11 is 0. The molecule has 1 aromatic carbocycles. The zero-order valence-electron chi connectivity index (χ0n) is 17.3. The number of fused-ring (bicyclic) bond motifs is 2. The van der Waals surface area contributed by atoms with Crippen molar-refractivity contribution >= 4 is 11.7 Å². The van der Waals surface area contributed by atoms with Crippen molar-refractivity contribution in [3.05, 3.63) is 59.5 Å². The Labute approximate surface area is 181 Å². The average molecular weight is 420 g/mol. The van der Waals surface area contributed by atoms with E-state index in [4.69, 9.17) is 10.00 Å². The van der Waals surface area contributed by atoms with Gasteiger partial charge in [-0.05, 0) is 50.3 Å². The molecule has 2 saturated heterocycles. The highest BCUT2D eigenvalue weighted by atomic mass is 19.1. The molecule has 3 heterocycles. The number of halogens is 1. The number of amides is 1. The number of ether oxygens (including phenoxy) is 1. The summed E-state index contributed by atoms with van der Waals surface area (Å²) in [7, 11) is 0. The molecule has 2 bridgehead atoms.